The Morgan fingerprint density at radius 1 is 1.36 bits per heavy atom. The van der Waals surface area contributed by atoms with E-state index in [1.807, 2.05) is 0 Å². The fourth-order valence-corrected chi connectivity index (χ4v) is 1.35. The number of hydrogen-bond donors (Lipinski definition) is 1. The van der Waals surface area contributed by atoms with Crippen LogP contribution in [0.1, 0.15) is 11.7 Å². The van der Waals surface area contributed by atoms with Crippen LogP contribution in [0.15, 0.2) is 18.2 Å². The molecule has 1 aromatic carbocycles. The minimum absolute atomic E-state index is 0.128. The van der Waals surface area contributed by atoms with Crippen molar-refractivity contribution in [2.24, 2.45) is 0 Å². The average molecular weight is 217 g/mol. The third-order valence-corrected chi connectivity index (χ3v) is 2.23. The summed E-state index contributed by atoms with van der Waals surface area (Å²) >= 11 is 5.56. The number of rotatable bonds is 4. The zero-order valence-corrected chi connectivity index (χ0v) is 8.91. The van der Waals surface area contributed by atoms with Crippen LogP contribution in [-0.4, -0.2) is 25.2 Å². The monoisotopic (exact) mass is 216 g/mol. The molecule has 0 radical (unpaired) electrons. The van der Waals surface area contributed by atoms with Crippen molar-refractivity contribution in [2.75, 3.05) is 20.1 Å². The first kappa shape index (κ1) is 11.1. The van der Waals surface area contributed by atoms with Gasteiger partial charge in [-0.05, 0) is 18.2 Å². The maximum atomic E-state index is 9.59. The van der Waals surface area contributed by atoms with Gasteiger partial charge in [-0.25, -0.2) is 0 Å². The molecule has 0 aromatic heterocycles. The number of methoxy groups -OCH3 is 2. The zero-order valence-electron chi connectivity index (χ0n) is 8.16. The van der Waals surface area contributed by atoms with Gasteiger partial charge in [-0.15, -0.1) is 11.6 Å². The summed E-state index contributed by atoms with van der Waals surface area (Å²) < 4.78 is 10.1. The van der Waals surface area contributed by atoms with E-state index in [-0.39, 0.29) is 5.88 Å². The summed E-state index contributed by atoms with van der Waals surface area (Å²) in [6, 6.07) is 5.22. The molecule has 78 valence electrons. The molecule has 0 fully saturated rings. The van der Waals surface area contributed by atoms with Gasteiger partial charge in [0.2, 0.25) is 0 Å². The van der Waals surface area contributed by atoms with Crippen LogP contribution in [0.5, 0.6) is 11.5 Å². The Labute approximate surface area is 88.2 Å². The van der Waals surface area contributed by atoms with Crippen molar-refractivity contribution in [3.05, 3.63) is 23.8 Å². The molecule has 4 heteroatoms. The van der Waals surface area contributed by atoms with Gasteiger partial charge < -0.3 is 14.6 Å². The molecule has 1 aromatic rings. The molecule has 0 bridgehead atoms. The highest BCUT2D eigenvalue weighted by Crippen LogP contribution is 2.29. The molecule has 0 aliphatic rings. The lowest BCUT2D eigenvalue weighted by Crippen LogP contribution is -2.02. The van der Waals surface area contributed by atoms with E-state index in [0.717, 1.165) is 0 Å². The van der Waals surface area contributed by atoms with Crippen LogP contribution in [0.25, 0.3) is 0 Å². The van der Waals surface area contributed by atoms with Crippen molar-refractivity contribution in [1.29, 1.82) is 0 Å². The number of halogens is 1. The van der Waals surface area contributed by atoms with Crippen LogP contribution in [0.3, 0.4) is 0 Å². The quantitative estimate of drug-likeness (QED) is 0.783. The van der Waals surface area contributed by atoms with Crippen molar-refractivity contribution < 1.29 is 14.6 Å². The van der Waals surface area contributed by atoms with Crippen molar-refractivity contribution in [2.45, 2.75) is 6.10 Å². The second-order valence-corrected chi connectivity index (χ2v) is 3.09. The van der Waals surface area contributed by atoms with E-state index in [2.05, 4.69) is 0 Å². The van der Waals surface area contributed by atoms with Gasteiger partial charge in [0.05, 0.1) is 26.2 Å². The van der Waals surface area contributed by atoms with Gasteiger partial charge in [-0.3, -0.25) is 0 Å². The molecule has 1 N–H and O–H groups in total. The molecule has 0 heterocycles. The van der Waals surface area contributed by atoms with E-state index in [0.29, 0.717) is 17.1 Å². The van der Waals surface area contributed by atoms with E-state index in [1.54, 1.807) is 32.4 Å². The molecular weight excluding hydrogens is 204 g/mol. The molecular formula is C10H13ClO3. The number of alkyl halides is 1. The van der Waals surface area contributed by atoms with Crippen LogP contribution in [0.2, 0.25) is 0 Å². The lowest BCUT2D eigenvalue weighted by molar-refractivity contribution is 0.197. The maximum Gasteiger partial charge on any atom is 0.124 e. The molecule has 0 amide bonds. The predicted octanol–water partition coefficient (Wildman–Crippen LogP) is 1.98. The Balaban J connectivity index is 3.08. The number of aliphatic hydroxyl groups excluding tert-OH is 1. The summed E-state index contributed by atoms with van der Waals surface area (Å²) in [4.78, 5) is 0. The second kappa shape index (κ2) is 5.08. The average Bonchev–Trinajstić information content (AvgIpc) is 2.27. The van der Waals surface area contributed by atoms with E-state index in [4.69, 9.17) is 21.1 Å². The Bertz CT molecular complexity index is 301. The molecule has 1 unspecified atom stereocenters. The summed E-state index contributed by atoms with van der Waals surface area (Å²) in [6.45, 7) is 0. The Morgan fingerprint density at radius 3 is 2.57 bits per heavy atom. The van der Waals surface area contributed by atoms with Crippen molar-refractivity contribution >= 4 is 11.6 Å². The minimum atomic E-state index is -0.735. The standard InChI is InChI=1S/C10H13ClO3/c1-13-7-3-4-10(14-2)8(5-7)9(12)6-11/h3-5,9,12H,6H2,1-2H3. The molecule has 0 aliphatic heterocycles. The SMILES string of the molecule is COc1ccc(OC)c(C(O)CCl)c1. The Morgan fingerprint density at radius 2 is 2.07 bits per heavy atom. The summed E-state index contributed by atoms with van der Waals surface area (Å²) in [5.41, 5.74) is 0.641. The van der Waals surface area contributed by atoms with Crippen LogP contribution in [0, 0.1) is 0 Å². The normalized spacial score (nSPS) is 12.3. The van der Waals surface area contributed by atoms with Crippen LogP contribution in [-0.2, 0) is 0 Å². The number of ether oxygens (including phenoxy) is 2. The first-order chi connectivity index (χ1) is 6.72. The Hall–Kier alpha value is -0.930. The third-order valence-electron chi connectivity index (χ3n) is 1.94. The number of hydrogen-bond acceptors (Lipinski definition) is 3. The van der Waals surface area contributed by atoms with E-state index in [9.17, 15) is 5.11 Å². The fourth-order valence-electron chi connectivity index (χ4n) is 1.18. The van der Waals surface area contributed by atoms with Gasteiger partial charge in [-0.2, -0.15) is 0 Å². The summed E-state index contributed by atoms with van der Waals surface area (Å²) in [5, 5.41) is 9.59. The van der Waals surface area contributed by atoms with Crippen LogP contribution in [0.4, 0.5) is 0 Å². The van der Waals surface area contributed by atoms with Gasteiger partial charge >= 0.3 is 0 Å². The first-order valence-corrected chi connectivity index (χ1v) is 4.72. The van der Waals surface area contributed by atoms with E-state index in [1.165, 1.54) is 0 Å². The van der Waals surface area contributed by atoms with Gasteiger partial charge in [0.25, 0.3) is 0 Å². The summed E-state index contributed by atoms with van der Waals surface area (Å²) in [5.74, 6) is 1.41. The van der Waals surface area contributed by atoms with Gasteiger partial charge in [-0.1, -0.05) is 0 Å². The van der Waals surface area contributed by atoms with Crippen LogP contribution >= 0.6 is 11.6 Å². The minimum Gasteiger partial charge on any atom is -0.497 e. The third kappa shape index (κ3) is 2.30. The van der Waals surface area contributed by atoms with Crippen LogP contribution < -0.4 is 9.47 Å². The molecule has 3 nitrogen and oxygen atoms in total. The second-order valence-electron chi connectivity index (χ2n) is 2.78. The summed E-state index contributed by atoms with van der Waals surface area (Å²) in [7, 11) is 3.12. The van der Waals surface area contributed by atoms with Gasteiger partial charge in [0, 0.05) is 5.56 Å². The largest absolute Gasteiger partial charge is 0.497 e. The molecule has 0 saturated heterocycles. The number of aliphatic hydroxyl groups is 1. The summed E-state index contributed by atoms with van der Waals surface area (Å²) in [6.07, 6.45) is -0.735. The molecule has 1 rings (SSSR count). The van der Waals surface area contributed by atoms with Gasteiger partial charge in [0.1, 0.15) is 11.5 Å². The van der Waals surface area contributed by atoms with E-state index >= 15 is 0 Å². The lowest BCUT2D eigenvalue weighted by Gasteiger charge is -2.13. The highest BCUT2D eigenvalue weighted by molar-refractivity contribution is 6.18. The highest BCUT2D eigenvalue weighted by atomic mass is 35.5. The zero-order chi connectivity index (χ0) is 10.6. The fraction of sp³-hybridized carbons (Fsp3) is 0.400. The predicted molar refractivity (Wildman–Crippen MR) is 55.2 cm³/mol. The molecule has 1 atom stereocenters. The van der Waals surface area contributed by atoms with Crippen molar-refractivity contribution in [1.82, 2.24) is 0 Å². The van der Waals surface area contributed by atoms with Gasteiger partial charge in [0.15, 0.2) is 0 Å². The lowest BCUT2D eigenvalue weighted by atomic mass is 10.1. The van der Waals surface area contributed by atoms with E-state index < -0.39 is 6.10 Å². The Kier molecular flexibility index (Phi) is 4.04. The molecule has 14 heavy (non-hydrogen) atoms. The smallest absolute Gasteiger partial charge is 0.124 e. The molecule has 0 saturated carbocycles. The highest BCUT2D eigenvalue weighted by Gasteiger charge is 2.12. The topological polar surface area (TPSA) is 38.7 Å². The van der Waals surface area contributed by atoms with Crippen molar-refractivity contribution in [3.63, 3.8) is 0 Å². The maximum absolute atomic E-state index is 9.59. The number of benzene rings is 1. The van der Waals surface area contributed by atoms with Crippen molar-refractivity contribution in [3.8, 4) is 11.5 Å². The molecule has 0 aliphatic carbocycles. The molecule has 0 spiro atoms. The first-order valence-electron chi connectivity index (χ1n) is 4.19.